The number of primary amides is 2. The van der Waals surface area contributed by atoms with Crippen molar-refractivity contribution in [2.75, 3.05) is 26.2 Å². The van der Waals surface area contributed by atoms with Gasteiger partial charge in [0.25, 0.3) is 0 Å². The number of amides is 8. The van der Waals surface area contributed by atoms with Gasteiger partial charge in [-0.05, 0) is 50.6 Å². The first-order valence-corrected chi connectivity index (χ1v) is 17.1. The van der Waals surface area contributed by atoms with Crippen LogP contribution in [0.3, 0.4) is 0 Å². The highest BCUT2D eigenvalue weighted by Gasteiger charge is 2.35. The summed E-state index contributed by atoms with van der Waals surface area (Å²) in [5.41, 5.74) is 11.1. The van der Waals surface area contributed by atoms with Crippen LogP contribution in [0.5, 0.6) is 0 Å². The lowest BCUT2D eigenvalue weighted by molar-refractivity contribution is -0.148. The minimum Gasteiger partial charge on any atom is -0.480 e. The maximum atomic E-state index is 13.6. The molecule has 284 valence electrons. The zero-order valence-corrected chi connectivity index (χ0v) is 28.7. The predicted molar refractivity (Wildman–Crippen MR) is 182 cm³/mol. The number of benzene rings is 1. The molecule has 2 aliphatic rings. The van der Waals surface area contributed by atoms with Crippen molar-refractivity contribution < 1.29 is 48.3 Å². The van der Waals surface area contributed by atoms with Crippen molar-refractivity contribution in [1.29, 1.82) is 0 Å². The number of hydrogen-bond acceptors (Lipinski definition) is 10. The molecule has 1 aromatic rings. The number of carboxylic acids is 1. The molecule has 2 saturated heterocycles. The molecule has 1 aromatic carbocycles. The molecule has 5 atom stereocenters. The van der Waals surface area contributed by atoms with E-state index in [4.69, 9.17) is 11.5 Å². The highest BCUT2D eigenvalue weighted by atomic mass is 16.4. The summed E-state index contributed by atoms with van der Waals surface area (Å²) in [6.45, 7) is -0.343. The van der Waals surface area contributed by atoms with Gasteiger partial charge in [-0.15, -0.1) is 0 Å². The summed E-state index contributed by atoms with van der Waals surface area (Å²) in [5.74, 6) is -6.93. The van der Waals surface area contributed by atoms with Crippen LogP contribution in [0, 0.1) is 0 Å². The lowest BCUT2D eigenvalue weighted by atomic mass is 10.0. The molecular weight excluding hydrogens is 682 g/mol. The molecule has 0 aromatic heterocycles. The molecule has 0 radical (unpaired) electrons. The molecule has 8 amide bonds. The van der Waals surface area contributed by atoms with Crippen LogP contribution in [0.1, 0.15) is 56.9 Å². The number of carbonyl (C=O) groups excluding carboxylic acids is 8. The Morgan fingerprint density at radius 3 is 1.96 bits per heavy atom. The number of hydrogen-bond donors (Lipinski definition) is 9. The maximum absolute atomic E-state index is 13.6. The second-order valence-corrected chi connectivity index (χ2v) is 12.6. The third-order valence-electron chi connectivity index (χ3n) is 8.63. The lowest BCUT2D eigenvalue weighted by Crippen LogP contribution is -2.57. The highest BCUT2D eigenvalue weighted by Crippen LogP contribution is 2.17. The first kappa shape index (κ1) is 40.8. The summed E-state index contributed by atoms with van der Waals surface area (Å²) in [4.78, 5) is 114. The first-order valence-electron chi connectivity index (χ1n) is 17.1. The number of nitrogens with two attached hydrogens (primary N) is 2. The Balaban J connectivity index is 1.67. The number of carbonyl (C=O) groups is 9. The Bertz CT molecular complexity index is 1490. The van der Waals surface area contributed by atoms with Crippen LogP contribution in [-0.4, -0.2) is 120 Å². The minimum absolute atomic E-state index is 0.0494. The van der Waals surface area contributed by atoms with Crippen LogP contribution in [0.15, 0.2) is 30.3 Å². The molecule has 2 heterocycles. The third-order valence-corrected chi connectivity index (χ3v) is 8.63. The van der Waals surface area contributed by atoms with Crippen LogP contribution in [0.25, 0.3) is 0 Å². The van der Waals surface area contributed by atoms with E-state index in [-0.39, 0.29) is 45.1 Å². The van der Waals surface area contributed by atoms with Crippen LogP contribution in [0.4, 0.5) is 0 Å². The number of carboxylic acid groups (broad SMARTS) is 1. The zero-order valence-electron chi connectivity index (χ0n) is 28.7. The van der Waals surface area contributed by atoms with Crippen LogP contribution < -0.4 is 43.4 Å². The Morgan fingerprint density at radius 1 is 0.769 bits per heavy atom. The molecule has 0 saturated carbocycles. The van der Waals surface area contributed by atoms with Crippen molar-refractivity contribution in [2.24, 2.45) is 11.5 Å². The van der Waals surface area contributed by atoms with Gasteiger partial charge in [-0.3, -0.25) is 38.4 Å². The second-order valence-electron chi connectivity index (χ2n) is 12.6. The van der Waals surface area contributed by atoms with Gasteiger partial charge in [0.15, 0.2) is 0 Å². The third kappa shape index (κ3) is 13.3. The van der Waals surface area contributed by atoms with Crippen molar-refractivity contribution in [3.05, 3.63) is 35.9 Å². The fraction of sp³-hybridized carbons (Fsp3) is 0.545. The van der Waals surface area contributed by atoms with E-state index in [2.05, 4.69) is 31.9 Å². The van der Waals surface area contributed by atoms with Crippen LogP contribution in [0.2, 0.25) is 0 Å². The average Bonchev–Trinajstić information content (AvgIpc) is 3.83. The fourth-order valence-corrected chi connectivity index (χ4v) is 5.87. The highest BCUT2D eigenvalue weighted by molar-refractivity contribution is 5.96. The van der Waals surface area contributed by atoms with E-state index in [1.165, 1.54) is 0 Å². The van der Waals surface area contributed by atoms with Crippen molar-refractivity contribution in [3.63, 3.8) is 0 Å². The van der Waals surface area contributed by atoms with E-state index >= 15 is 0 Å². The van der Waals surface area contributed by atoms with Gasteiger partial charge in [0.05, 0.1) is 19.1 Å². The van der Waals surface area contributed by atoms with Gasteiger partial charge in [-0.25, -0.2) is 4.79 Å². The first-order chi connectivity index (χ1) is 24.7. The molecule has 0 aliphatic carbocycles. The van der Waals surface area contributed by atoms with E-state index in [1.54, 1.807) is 30.3 Å². The smallest absolute Gasteiger partial charge is 0.326 e. The summed E-state index contributed by atoms with van der Waals surface area (Å²) >= 11 is 0. The maximum Gasteiger partial charge on any atom is 0.326 e. The van der Waals surface area contributed by atoms with Crippen LogP contribution in [-0.2, 0) is 49.6 Å². The van der Waals surface area contributed by atoms with Gasteiger partial charge in [-0.2, -0.15) is 0 Å². The van der Waals surface area contributed by atoms with Gasteiger partial charge in [0.2, 0.25) is 47.3 Å². The van der Waals surface area contributed by atoms with E-state index < -0.39 is 96.5 Å². The average molecular weight is 730 g/mol. The van der Waals surface area contributed by atoms with Gasteiger partial charge < -0.3 is 53.4 Å². The largest absolute Gasteiger partial charge is 0.480 e. The predicted octanol–water partition coefficient (Wildman–Crippen LogP) is -3.73. The molecular formula is C33H47N9O10. The summed E-state index contributed by atoms with van der Waals surface area (Å²) in [5, 5.41) is 24.8. The molecule has 2 aliphatic heterocycles. The van der Waals surface area contributed by atoms with Crippen molar-refractivity contribution in [1.82, 2.24) is 36.8 Å². The minimum atomic E-state index is -1.37. The van der Waals surface area contributed by atoms with E-state index in [9.17, 15) is 48.3 Å². The molecule has 3 rings (SSSR count). The monoisotopic (exact) mass is 729 g/mol. The SMILES string of the molecule is NC(=O)CC[C@H](NC(=O)[C@@H]1CCCN1)C(=O)NCC(=O)N[C@@H](Cc1ccccc1)C(=O)N[C@@H](CCC(N)=O)C(=O)NCC(=O)N1CCC[C@H]1C(=O)O. The Morgan fingerprint density at radius 2 is 1.38 bits per heavy atom. The second kappa shape index (κ2) is 20.3. The standard InChI is InChI=1S/C33H47N9O10/c34-25(43)12-10-21(40-31(49)20-8-4-14-36-20)29(47)37-17-27(45)39-23(16-19-6-2-1-3-7-19)32(50)41-22(11-13-26(35)44)30(48)38-18-28(46)42-15-5-9-24(42)33(51)52/h1-3,6-7,20-24,36H,4-5,8-18H2,(H2,34,43)(H2,35,44)(H,37,47)(H,38,48)(H,39,45)(H,40,49)(H,41,50)(H,51,52)/t20-,21-,22-,23-,24-/m0/s1. The van der Waals surface area contributed by atoms with Crippen LogP contribution >= 0.6 is 0 Å². The van der Waals surface area contributed by atoms with Gasteiger partial charge in [0.1, 0.15) is 24.2 Å². The summed E-state index contributed by atoms with van der Waals surface area (Å²) in [6.07, 6.45) is 1.17. The molecule has 11 N–H and O–H groups in total. The number of nitrogens with zero attached hydrogens (tertiary/aromatic N) is 1. The number of rotatable bonds is 20. The number of aliphatic carboxylic acids is 1. The molecule has 0 bridgehead atoms. The Labute approximate surface area is 299 Å². The summed E-state index contributed by atoms with van der Waals surface area (Å²) in [6, 6.07) is 3.20. The van der Waals surface area contributed by atoms with Crippen molar-refractivity contribution >= 4 is 53.2 Å². The summed E-state index contributed by atoms with van der Waals surface area (Å²) < 4.78 is 0. The molecule has 0 spiro atoms. The Hall–Kier alpha value is -5.59. The number of likely N-dealkylation sites (tertiary alicyclic amines) is 1. The van der Waals surface area contributed by atoms with E-state index in [1.807, 2.05) is 0 Å². The molecule has 19 heteroatoms. The van der Waals surface area contributed by atoms with Crippen molar-refractivity contribution in [2.45, 2.75) is 88.0 Å². The molecule has 0 unspecified atom stereocenters. The molecule has 2 fully saturated rings. The topological polar surface area (TPSA) is 301 Å². The fourth-order valence-electron chi connectivity index (χ4n) is 5.87. The van der Waals surface area contributed by atoms with Crippen molar-refractivity contribution in [3.8, 4) is 0 Å². The summed E-state index contributed by atoms with van der Waals surface area (Å²) in [7, 11) is 0. The lowest BCUT2D eigenvalue weighted by Gasteiger charge is -2.25. The molecule has 52 heavy (non-hydrogen) atoms. The molecule has 19 nitrogen and oxygen atoms in total. The quantitative estimate of drug-likeness (QED) is 0.0629. The van der Waals surface area contributed by atoms with E-state index in [0.29, 0.717) is 24.9 Å². The van der Waals surface area contributed by atoms with Gasteiger partial charge in [0, 0.05) is 25.8 Å². The van der Waals surface area contributed by atoms with Gasteiger partial charge in [-0.1, -0.05) is 30.3 Å². The number of nitrogens with one attached hydrogen (secondary N) is 6. The normalized spacial score (nSPS) is 18.3. The van der Waals surface area contributed by atoms with E-state index in [0.717, 1.165) is 11.3 Å². The zero-order chi connectivity index (χ0) is 38.2. The van der Waals surface area contributed by atoms with Gasteiger partial charge >= 0.3 is 5.97 Å². The Kier molecular flexibility index (Phi) is 15.9.